The minimum Gasteiger partial charge on any atom is -0.338 e. The van der Waals surface area contributed by atoms with E-state index < -0.39 is 11.7 Å². The van der Waals surface area contributed by atoms with Crippen LogP contribution in [0.2, 0.25) is 0 Å². The number of rotatable bonds is 5. The summed E-state index contributed by atoms with van der Waals surface area (Å²) in [5, 5.41) is 0. The molecule has 145 valence electrons. The summed E-state index contributed by atoms with van der Waals surface area (Å²) < 4.78 is 38.8. The van der Waals surface area contributed by atoms with Crippen LogP contribution in [0.15, 0.2) is 54.6 Å². The average Bonchev–Trinajstić information content (AvgIpc) is 2.64. The standard InChI is InChI=1S/C22H26F3N2/c1-17(2)16-26-14-12-21(13-15-26)27(19-6-4-3-5-7-19)20-10-8-18(9-11-20)22(23,24)25/h3-11,21H,12-16H2,1-2H3. The van der Waals surface area contributed by atoms with Crippen molar-refractivity contribution in [1.82, 2.24) is 4.90 Å². The number of para-hydroxylation sites is 1. The Morgan fingerprint density at radius 3 is 2.00 bits per heavy atom. The van der Waals surface area contributed by atoms with E-state index in [1.54, 1.807) is 12.1 Å². The van der Waals surface area contributed by atoms with Gasteiger partial charge in [0.2, 0.25) is 0 Å². The van der Waals surface area contributed by atoms with Crippen LogP contribution in [0.3, 0.4) is 0 Å². The van der Waals surface area contributed by atoms with Crippen LogP contribution in [-0.2, 0) is 6.18 Å². The first kappa shape index (κ1) is 19.7. The molecule has 0 aliphatic carbocycles. The van der Waals surface area contributed by atoms with Gasteiger partial charge >= 0.3 is 6.18 Å². The third kappa shape index (κ3) is 5.04. The van der Waals surface area contributed by atoms with Gasteiger partial charge in [-0.15, -0.1) is 0 Å². The summed E-state index contributed by atoms with van der Waals surface area (Å²) in [7, 11) is 0. The molecule has 0 bridgehead atoms. The summed E-state index contributed by atoms with van der Waals surface area (Å²) in [6.45, 7) is 7.30. The van der Waals surface area contributed by atoms with E-state index in [2.05, 4.69) is 23.6 Å². The van der Waals surface area contributed by atoms with Crippen LogP contribution in [0, 0.1) is 5.92 Å². The molecule has 5 heteroatoms. The molecule has 2 aromatic rings. The highest BCUT2D eigenvalue weighted by Crippen LogP contribution is 2.35. The fraction of sp³-hybridized carbons (Fsp3) is 0.409. The lowest BCUT2D eigenvalue weighted by atomic mass is 10.00. The smallest absolute Gasteiger partial charge is 0.338 e. The number of benzene rings is 2. The van der Waals surface area contributed by atoms with Gasteiger partial charge in [0.15, 0.2) is 0 Å². The first-order valence-corrected chi connectivity index (χ1v) is 9.37. The summed E-state index contributed by atoms with van der Waals surface area (Å²) in [6.07, 6.45) is -2.33. The van der Waals surface area contributed by atoms with Gasteiger partial charge in [-0.3, -0.25) is 0 Å². The molecular formula is C22H26F3N2. The molecule has 1 heterocycles. The number of hydrogen-bond donors (Lipinski definition) is 0. The second-order valence-electron chi connectivity index (χ2n) is 7.46. The number of anilines is 2. The summed E-state index contributed by atoms with van der Waals surface area (Å²) >= 11 is 0. The van der Waals surface area contributed by atoms with E-state index in [0.29, 0.717) is 0 Å². The molecule has 0 aromatic heterocycles. The fourth-order valence-corrected chi connectivity index (χ4v) is 3.75. The Bertz CT molecular complexity index is 703. The predicted octanol–water partition coefficient (Wildman–Crippen LogP) is 5.92. The minimum atomic E-state index is -4.31. The minimum absolute atomic E-state index is 0.276. The topological polar surface area (TPSA) is 6.48 Å². The van der Waals surface area contributed by atoms with E-state index >= 15 is 0 Å². The molecule has 0 amide bonds. The van der Waals surface area contributed by atoms with Crippen molar-refractivity contribution in [2.75, 3.05) is 24.5 Å². The maximum absolute atomic E-state index is 12.9. The maximum Gasteiger partial charge on any atom is 0.416 e. The van der Waals surface area contributed by atoms with Gasteiger partial charge in [-0.1, -0.05) is 32.0 Å². The van der Waals surface area contributed by atoms with Crippen LogP contribution >= 0.6 is 0 Å². The molecule has 0 saturated carbocycles. The molecular weight excluding hydrogens is 349 g/mol. The molecule has 2 aromatic carbocycles. The molecule has 3 rings (SSSR count). The summed E-state index contributed by atoms with van der Waals surface area (Å²) in [6, 6.07) is 15.7. The van der Waals surface area contributed by atoms with Crippen molar-refractivity contribution in [3.8, 4) is 0 Å². The van der Waals surface area contributed by atoms with E-state index in [1.165, 1.54) is 18.1 Å². The summed E-state index contributed by atoms with van der Waals surface area (Å²) in [4.78, 5) is 4.64. The quantitative estimate of drug-likeness (QED) is 0.640. The molecule has 0 unspecified atom stereocenters. The summed E-state index contributed by atoms with van der Waals surface area (Å²) in [5.41, 5.74) is 1.22. The lowest BCUT2D eigenvalue weighted by Gasteiger charge is -2.40. The molecule has 1 aliphatic rings. The predicted molar refractivity (Wildman–Crippen MR) is 104 cm³/mol. The lowest BCUT2D eigenvalue weighted by Crippen LogP contribution is -2.44. The van der Waals surface area contributed by atoms with E-state index in [1.807, 2.05) is 30.3 Å². The van der Waals surface area contributed by atoms with Crippen molar-refractivity contribution in [1.29, 1.82) is 0 Å². The first-order chi connectivity index (χ1) is 12.8. The highest BCUT2D eigenvalue weighted by atomic mass is 19.4. The van der Waals surface area contributed by atoms with E-state index in [9.17, 15) is 13.2 Å². The van der Waals surface area contributed by atoms with Crippen molar-refractivity contribution in [2.45, 2.75) is 38.9 Å². The zero-order valence-electron chi connectivity index (χ0n) is 15.8. The highest BCUT2D eigenvalue weighted by Gasteiger charge is 2.31. The van der Waals surface area contributed by atoms with E-state index in [0.717, 1.165) is 43.9 Å². The molecule has 1 saturated heterocycles. The SMILES string of the molecule is C[C](C)CN1CCC(N(c2ccccc2)c2ccc(C(F)(F)F)cc2)CC1. The number of nitrogens with zero attached hydrogens (tertiary/aromatic N) is 2. The van der Waals surface area contributed by atoms with E-state index in [4.69, 9.17) is 0 Å². The van der Waals surface area contributed by atoms with Crippen molar-refractivity contribution in [3.05, 3.63) is 66.1 Å². The molecule has 2 nitrogen and oxygen atoms in total. The van der Waals surface area contributed by atoms with Gasteiger partial charge in [0.25, 0.3) is 0 Å². The van der Waals surface area contributed by atoms with E-state index in [-0.39, 0.29) is 6.04 Å². The van der Waals surface area contributed by atoms with Gasteiger partial charge < -0.3 is 9.80 Å². The number of alkyl halides is 3. The molecule has 0 spiro atoms. The maximum atomic E-state index is 12.9. The molecule has 1 fully saturated rings. The largest absolute Gasteiger partial charge is 0.416 e. The first-order valence-electron chi connectivity index (χ1n) is 9.37. The Kier molecular flexibility index (Phi) is 6.10. The average molecular weight is 375 g/mol. The van der Waals surface area contributed by atoms with Crippen LogP contribution in [0.25, 0.3) is 0 Å². The molecule has 0 atom stereocenters. The Morgan fingerprint density at radius 1 is 0.926 bits per heavy atom. The van der Waals surface area contributed by atoms with Crippen LogP contribution in [0.5, 0.6) is 0 Å². The molecule has 27 heavy (non-hydrogen) atoms. The van der Waals surface area contributed by atoms with Crippen molar-refractivity contribution < 1.29 is 13.2 Å². The van der Waals surface area contributed by atoms with Crippen LogP contribution in [-0.4, -0.2) is 30.6 Å². The fourth-order valence-electron chi connectivity index (χ4n) is 3.75. The molecule has 1 radical (unpaired) electrons. The Labute approximate surface area is 159 Å². The number of likely N-dealkylation sites (tertiary alicyclic amines) is 1. The lowest BCUT2D eigenvalue weighted by molar-refractivity contribution is -0.137. The third-order valence-corrected chi connectivity index (χ3v) is 4.97. The second kappa shape index (κ2) is 8.34. The third-order valence-electron chi connectivity index (χ3n) is 4.97. The molecule has 0 N–H and O–H groups in total. The highest BCUT2D eigenvalue weighted by molar-refractivity contribution is 5.64. The van der Waals surface area contributed by atoms with Crippen LogP contribution in [0.4, 0.5) is 24.5 Å². The zero-order chi connectivity index (χ0) is 19.4. The van der Waals surface area contributed by atoms with Gasteiger partial charge in [-0.2, -0.15) is 13.2 Å². The monoisotopic (exact) mass is 375 g/mol. The Hall–Kier alpha value is -2.01. The second-order valence-corrected chi connectivity index (χ2v) is 7.46. The normalized spacial score (nSPS) is 16.7. The van der Waals surface area contributed by atoms with Crippen molar-refractivity contribution in [3.63, 3.8) is 0 Å². The Balaban J connectivity index is 1.83. The number of piperidine rings is 1. The van der Waals surface area contributed by atoms with Gasteiger partial charge in [-0.05, 0) is 55.2 Å². The Morgan fingerprint density at radius 2 is 1.48 bits per heavy atom. The van der Waals surface area contributed by atoms with Crippen molar-refractivity contribution >= 4 is 11.4 Å². The van der Waals surface area contributed by atoms with Crippen LogP contribution in [0.1, 0.15) is 32.3 Å². The van der Waals surface area contributed by atoms with Gasteiger partial charge in [-0.25, -0.2) is 0 Å². The zero-order valence-corrected chi connectivity index (χ0v) is 15.8. The van der Waals surface area contributed by atoms with Gasteiger partial charge in [0.1, 0.15) is 0 Å². The van der Waals surface area contributed by atoms with Crippen LogP contribution < -0.4 is 4.90 Å². The van der Waals surface area contributed by atoms with Gasteiger partial charge in [0, 0.05) is 37.1 Å². The summed E-state index contributed by atoms with van der Waals surface area (Å²) in [5.74, 6) is 1.40. The van der Waals surface area contributed by atoms with Gasteiger partial charge in [0.05, 0.1) is 5.56 Å². The number of hydrogen-bond acceptors (Lipinski definition) is 2. The van der Waals surface area contributed by atoms with Crippen molar-refractivity contribution in [2.24, 2.45) is 0 Å². The molecule has 1 aliphatic heterocycles. The number of halogens is 3.